The Labute approximate surface area is 178 Å². The number of halogens is 1. The largest absolute Gasteiger partial charge is 0.496 e. The lowest BCUT2D eigenvalue weighted by atomic mass is 9.99. The molecule has 3 rings (SSSR count). The summed E-state index contributed by atoms with van der Waals surface area (Å²) in [5.41, 5.74) is 2.14. The molecule has 0 radical (unpaired) electrons. The van der Waals surface area contributed by atoms with Crippen molar-refractivity contribution in [2.45, 2.75) is 64.9 Å². The third-order valence-electron chi connectivity index (χ3n) is 5.54. The molecule has 1 amide bonds. The van der Waals surface area contributed by atoms with E-state index in [1.807, 2.05) is 46.9 Å². The summed E-state index contributed by atoms with van der Waals surface area (Å²) in [6, 6.07) is 6.22. The summed E-state index contributed by atoms with van der Waals surface area (Å²) in [5, 5.41) is 0. The molecule has 1 aromatic carbocycles. The first-order chi connectivity index (χ1) is 14.3. The lowest BCUT2D eigenvalue weighted by Crippen LogP contribution is -2.45. The van der Waals surface area contributed by atoms with Gasteiger partial charge in [-0.15, -0.1) is 0 Å². The Morgan fingerprint density at radius 1 is 1.30 bits per heavy atom. The van der Waals surface area contributed by atoms with Crippen LogP contribution in [0.5, 0.6) is 5.75 Å². The van der Waals surface area contributed by atoms with Gasteiger partial charge >= 0.3 is 6.09 Å². The van der Waals surface area contributed by atoms with Gasteiger partial charge in [-0.1, -0.05) is 19.9 Å². The number of rotatable bonds is 5. The van der Waals surface area contributed by atoms with Crippen molar-refractivity contribution in [3.8, 4) is 5.75 Å². The van der Waals surface area contributed by atoms with Crippen molar-refractivity contribution in [3.05, 3.63) is 23.8 Å². The number of nitrogens with zero attached hydrogens (tertiary/aromatic N) is 2. The summed E-state index contributed by atoms with van der Waals surface area (Å²) in [6.45, 7) is 9.30. The van der Waals surface area contributed by atoms with Crippen LogP contribution in [0.2, 0.25) is 0 Å². The number of benzene rings is 1. The molecule has 8 heteroatoms. The fourth-order valence-electron chi connectivity index (χ4n) is 4.05. The highest BCUT2D eigenvalue weighted by Gasteiger charge is 2.34. The van der Waals surface area contributed by atoms with Gasteiger partial charge in [0.05, 0.1) is 19.8 Å². The quantitative estimate of drug-likeness (QED) is 0.698. The number of ether oxygens (including phenoxy) is 3. The maximum Gasteiger partial charge on any atom is 0.447 e. The number of hydrogen-bond acceptors (Lipinski definition) is 6. The van der Waals surface area contributed by atoms with Crippen LogP contribution in [0.15, 0.2) is 18.2 Å². The zero-order valence-electron chi connectivity index (χ0n) is 18.9. The monoisotopic (exact) mass is 426 g/mol. The van der Waals surface area contributed by atoms with Crippen molar-refractivity contribution in [3.63, 3.8) is 0 Å². The van der Waals surface area contributed by atoms with E-state index < -0.39 is 11.9 Å². The lowest BCUT2D eigenvalue weighted by molar-refractivity contribution is -0.138. The molecule has 0 aliphatic carbocycles. The minimum absolute atomic E-state index is 0.0420. The Morgan fingerprint density at radius 3 is 2.50 bits per heavy atom. The molecule has 2 aliphatic rings. The highest BCUT2D eigenvalue weighted by molar-refractivity contribution is 5.67. The first-order valence-electron chi connectivity index (χ1n) is 10.6. The van der Waals surface area contributed by atoms with Crippen LogP contribution in [0, 0.1) is 0 Å². The van der Waals surface area contributed by atoms with Crippen molar-refractivity contribution >= 4 is 11.8 Å². The second-order valence-electron chi connectivity index (χ2n) is 7.78. The van der Waals surface area contributed by atoms with E-state index in [9.17, 15) is 9.32 Å². The summed E-state index contributed by atoms with van der Waals surface area (Å²) >= 11 is 0. The SMILES string of the molecule is CC.COc1cccc(N(C)C2CCN(C(=O)OF)CC2)c1CC1COC(C)(C)O1. The molecule has 0 aromatic heterocycles. The van der Waals surface area contributed by atoms with Crippen LogP contribution >= 0.6 is 0 Å². The topological polar surface area (TPSA) is 60.5 Å². The molecule has 1 unspecified atom stereocenters. The minimum atomic E-state index is -0.913. The molecule has 1 aromatic rings. The molecule has 0 saturated carbocycles. The van der Waals surface area contributed by atoms with Gasteiger partial charge in [-0.2, -0.15) is 0 Å². The standard InChI is InChI=1S/C20H29FN2O5.C2H6/c1-20(2)26-13-15(27-20)12-16-17(6-5-7-18(16)25-4)22(3)14-8-10-23(11-9-14)19(24)28-21;1-2/h5-7,14-15H,8-13H2,1-4H3;1-2H3. The third-order valence-corrected chi connectivity index (χ3v) is 5.54. The van der Waals surface area contributed by atoms with Gasteiger partial charge in [0.25, 0.3) is 0 Å². The maximum atomic E-state index is 12.1. The molecule has 30 heavy (non-hydrogen) atoms. The van der Waals surface area contributed by atoms with E-state index in [0.717, 1.165) is 29.8 Å². The van der Waals surface area contributed by atoms with E-state index in [0.29, 0.717) is 26.1 Å². The third kappa shape index (κ3) is 5.76. The van der Waals surface area contributed by atoms with Crippen molar-refractivity contribution in [2.24, 2.45) is 0 Å². The first-order valence-corrected chi connectivity index (χ1v) is 10.6. The molecule has 0 N–H and O–H groups in total. The molecule has 1 atom stereocenters. The number of amides is 1. The summed E-state index contributed by atoms with van der Waals surface area (Å²) < 4.78 is 29.5. The number of methoxy groups -OCH3 is 1. The summed E-state index contributed by atoms with van der Waals surface area (Å²) in [7, 11) is 3.71. The Morgan fingerprint density at radius 2 is 1.97 bits per heavy atom. The Balaban J connectivity index is 0.00000155. The van der Waals surface area contributed by atoms with E-state index in [1.54, 1.807) is 7.11 Å². The lowest BCUT2D eigenvalue weighted by Gasteiger charge is -2.38. The first kappa shape index (κ1) is 24.2. The maximum absolute atomic E-state index is 12.1. The average Bonchev–Trinajstić information content (AvgIpc) is 3.12. The minimum Gasteiger partial charge on any atom is -0.496 e. The summed E-state index contributed by atoms with van der Waals surface area (Å²) in [5.74, 6) is 0.243. The zero-order chi connectivity index (χ0) is 22.3. The Hall–Kier alpha value is -2.06. The predicted molar refractivity (Wildman–Crippen MR) is 114 cm³/mol. The van der Waals surface area contributed by atoms with Crippen LogP contribution in [0.25, 0.3) is 0 Å². The van der Waals surface area contributed by atoms with Crippen LogP contribution in [-0.2, 0) is 20.8 Å². The molecule has 2 fully saturated rings. The van der Waals surface area contributed by atoms with Crippen molar-refractivity contribution in [1.82, 2.24) is 4.90 Å². The van der Waals surface area contributed by atoms with E-state index in [2.05, 4.69) is 15.9 Å². The number of carbonyl (C=O) groups excluding carboxylic acids is 1. The highest BCUT2D eigenvalue weighted by Crippen LogP contribution is 2.35. The number of piperidine rings is 1. The van der Waals surface area contributed by atoms with Gasteiger partial charge < -0.3 is 24.0 Å². The predicted octanol–water partition coefficient (Wildman–Crippen LogP) is 4.34. The van der Waals surface area contributed by atoms with Gasteiger partial charge in [-0.25, -0.2) is 9.74 Å². The summed E-state index contributed by atoms with van der Waals surface area (Å²) in [6.07, 6.45) is 1.19. The van der Waals surface area contributed by atoms with Crippen molar-refractivity contribution in [1.29, 1.82) is 0 Å². The van der Waals surface area contributed by atoms with Gasteiger partial charge in [-0.05, 0) is 38.8 Å². The normalized spacial score (nSPS) is 20.9. The zero-order valence-corrected chi connectivity index (χ0v) is 18.9. The molecule has 0 bridgehead atoms. The molecule has 170 valence electrons. The van der Waals surface area contributed by atoms with Crippen molar-refractivity contribution in [2.75, 3.05) is 38.8 Å². The Bertz CT molecular complexity index is 692. The number of likely N-dealkylation sites (tertiary alicyclic amines) is 1. The molecular weight excluding hydrogens is 391 g/mol. The van der Waals surface area contributed by atoms with Gasteiger partial charge in [0.15, 0.2) is 5.79 Å². The van der Waals surface area contributed by atoms with Crippen LogP contribution in [0.4, 0.5) is 15.0 Å². The molecular formula is C22H35FN2O5. The molecule has 2 aliphatic heterocycles. The van der Waals surface area contributed by atoms with Gasteiger partial charge in [-0.3, -0.25) is 0 Å². The summed E-state index contributed by atoms with van der Waals surface area (Å²) in [4.78, 5) is 18.3. The highest BCUT2D eigenvalue weighted by atomic mass is 19.3. The van der Waals surface area contributed by atoms with Gasteiger partial charge in [0.2, 0.25) is 0 Å². The number of carbonyl (C=O) groups is 1. The van der Waals surface area contributed by atoms with Crippen LogP contribution in [0.1, 0.15) is 46.1 Å². The fraction of sp³-hybridized carbons (Fsp3) is 0.682. The van der Waals surface area contributed by atoms with Crippen molar-refractivity contribution < 1.29 is 28.5 Å². The van der Waals surface area contributed by atoms with Gasteiger partial charge in [0, 0.05) is 48.4 Å². The van der Waals surface area contributed by atoms with E-state index in [1.165, 1.54) is 4.90 Å². The van der Waals surface area contributed by atoms with E-state index >= 15 is 0 Å². The fourth-order valence-corrected chi connectivity index (χ4v) is 4.05. The van der Waals surface area contributed by atoms with Crippen LogP contribution < -0.4 is 9.64 Å². The molecule has 7 nitrogen and oxygen atoms in total. The van der Waals surface area contributed by atoms with Crippen LogP contribution in [-0.4, -0.2) is 62.8 Å². The number of hydrogen-bond donors (Lipinski definition) is 0. The van der Waals surface area contributed by atoms with E-state index in [4.69, 9.17) is 14.2 Å². The van der Waals surface area contributed by atoms with Gasteiger partial charge in [0.1, 0.15) is 5.75 Å². The number of anilines is 1. The smallest absolute Gasteiger partial charge is 0.447 e. The van der Waals surface area contributed by atoms with Crippen LogP contribution in [0.3, 0.4) is 0 Å². The molecule has 2 heterocycles. The second kappa shape index (κ2) is 10.8. The molecule has 2 saturated heterocycles. The van der Waals surface area contributed by atoms with E-state index in [-0.39, 0.29) is 12.1 Å². The average molecular weight is 427 g/mol. The molecule has 0 spiro atoms. The Kier molecular flexibility index (Phi) is 8.73. The second-order valence-corrected chi connectivity index (χ2v) is 7.78.